The number of aryl methyl sites for hydroxylation is 2. The highest BCUT2D eigenvalue weighted by Gasteiger charge is 2.24. The number of hydrogen-bond acceptors (Lipinski definition) is 4. The molecule has 0 aliphatic carbocycles. The summed E-state index contributed by atoms with van der Waals surface area (Å²) in [6.45, 7) is 6.53. The number of amides is 1. The number of halogens is 1. The van der Waals surface area contributed by atoms with E-state index in [0.29, 0.717) is 13.1 Å². The van der Waals surface area contributed by atoms with E-state index in [1.54, 1.807) is 17.9 Å². The van der Waals surface area contributed by atoms with Crippen molar-refractivity contribution in [3.63, 3.8) is 0 Å². The summed E-state index contributed by atoms with van der Waals surface area (Å²) < 4.78 is 13.7. The minimum atomic E-state index is -0.283. The van der Waals surface area contributed by atoms with Crippen molar-refractivity contribution >= 4 is 11.7 Å². The first-order chi connectivity index (χ1) is 12.0. The average molecular weight is 342 g/mol. The summed E-state index contributed by atoms with van der Waals surface area (Å²) in [5.74, 6) is 1.21. The normalized spacial score (nSPS) is 17.0. The molecule has 0 spiro atoms. The molecule has 1 aliphatic heterocycles. The zero-order valence-corrected chi connectivity index (χ0v) is 14.8. The molecule has 1 aromatic carbocycles. The summed E-state index contributed by atoms with van der Waals surface area (Å²) in [7, 11) is 0. The molecule has 2 aromatic rings. The Hall–Kier alpha value is -2.50. The topological polar surface area (TPSA) is 58.1 Å². The van der Waals surface area contributed by atoms with Crippen LogP contribution >= 0.6 is 0 Å². The van der Waals surface area contributed by atoms with E-state index in [1.165, 1.54) is 12.1 Å². The molecule has 3 rings (SSSR count). The van der Waals surface area contributed by atoms with E-state index in [4.69, 9.17) is 0 Å². The molecule has 25 heavy (non-hydrogen) atoms. The van der Waals surface area contributed by atoms with E-state index in [0.717, 1.165) is 41.3 Å². The number of carbonyl (C=O) groups is 1. The van der Waals surface area contributed by atoms with Crippen LogP contribution in [-0.4, -0.2) is 27.3 Å². The average Bonchev–Trinajstić information content (AvgIpc) is 2.73. The number of nitrogens with zero attached hydrogens (tertiary/aromatic N) is 3. The van der Waals surface area contributed by atoms with Gasteiger partial charge in [0.25, 0.3) is 0 Å². The lowest BCUT2D eigenvalue weighted by atomic mass is 9.99. The summed E-state index contributed by atoms with van der Waals surface area (Å²) in [5, 5.41) is 3.46. The van der Waals surface area contributed by atoms with Crippen LogP contribution in [0.5, 0.6) is 0 Å². The molecule has 0 saturated heterocycles. The molecule has 1 atom stereocenters. The molecule has 0 radical (unpaired) electrons. The van der Waals surface area contributed by atoms with E-state index in [1.807, 2.05) is 13.0 Å². The van der Waals surface area contributed by atoms with Gasteiger partial charge in [0.15, 0.2) is 0 Å². The molecule has 0 saturated carbocycles. The molecule has 0 fully saturated rings. The van der Waals surface area contributed by atoms with E-state index in [9.17, 15) is 9.18 Å². The predicted molar refractivity (Wildman–Crippen MR) is 94.6 cm³/mol. The van der Waals surface area contributed by atoms with Crippen LogP contribution in [0.2, 0.25) is 0 Å². The molecule has 5 nitrogen and oxygen atoms in total. The highest BCUT2D eigenvalue weighted by atomic mass is 19.1. The van der Waals surface area contributed by atoms with Gasteiger partial charge in [0.2, 0.25) is 5.91 Å². The van der Waals surface area contributed by atoms with Crippen molar-refractivity contribution in [1.82, 2.24) is 14.9 Å². The quantitative estimate of drug-likeness (QED) is 0.929. The lowest BCUT2D eigenvalue weighted by molar-refractivity contribution is -0.129. The van der Waals surface area contributed by atoms with Crippen LogP contribution in [-0.2, 0) is 17.8 Å². The first-order valence-corrected chi connectivity index (χ1v) is 8.61. The van der Waals surface area contributed by atoms with Crippen molar-refractivity contribution < 1.29 is 9.18 Å². The molecule has 0 unspecified atom stereocenters. The lowest BCUT2D eigenvalue weighted by Gasteiger charge is -2.20. The van der Waals surface area contributed by atoms with Gasteiger partial charge in [-0.05, 0) is 43.0 Å². The monoisotopic (exact) mass is 342 g/mol. The van der Waals surface area contributed by atoms with Gasteiger partial charge < -0.3 is 10.2 Å². The lowest BCUT2D eigenvalue weighted by Crippen LogP contribution is -2.28. The second kappa shape index (κ2) is 7.17. The van der Waals surface area contributed by atoms with Gasteiger partial charge in [-0.2, -0.15) is 0 Å². The van der Waals surface area contributed by atoms with Crippen molar-refractivity contribution in [1.29, 1.82) is 0 Å². The van der Waals surface area contributed by atoms with Crippen LogP contribution in [0, 0.1) is 12.7 Å². The highest BCUT2D eigenvalue weighted by Crippen LogP contribution is 2.30. The number of nitrogens with one attached hydrogen (secondary N) is 1. The molecule has 1 aliphatic rings. The zero-order valence-electron chi connectivity index (χ0n) is 14.8. The van der Waals surface area contributed by atoms with Crippen LogP contribution in [0.15, 0.2) is 24.3 Å². The smallest absolute Gasteiger partial charge is 0.219 e. The number of anilines is 1. The summed E-state index contributed by atoms with van der Waals surface area (Å²) in [5.41, 5.74) is 2.83. The van der Waals surface area contributed by atoms with Gasteiger partial charge in [0.05, 0.1) is 6.04 Å². The first-order valence-electron chi connectivity index (χ1n) is 8.61. The second-order valence-corrected chi connectivity index (χ2v) is 6.41. The van der Waals surface area contributed by atoms with Gasteiger partial charge in [0.1, 0.15) is 17.5 Å². The van der Waals surface area contributed by atoms with Gasteiger partial charge in [0, 0.05) is 31.8 Å². The maximum absolute atomic E-state index is 13.7. The van der Waals surface area contributed by atoms with E-state index >= 15 is 0 Å². The number of benzene rings is 1. The summed E-state index contributed by atoms with van der Waals surface area (Å²) in [4.78, 5) is 22.5. The third-order valence-corrected chi connectivity index (χ3v) is 4.55. The Bertz CT molecular complexity index is 793. The van der Waals surface area contributed by atoms with Gasteiger partial charge >= 0.3 is 0 Å². The maximum Gasteiger partial charge on any atom is 0.219 e. The number of fused-ring (bicyclic) bond motifs is 1. The van der Waals surface area contributed by atoms with Crippen LogP contribution in [0.1, 0.15) is 49.0 Å². The fourth-order valence-corrected chi connectivity index (χ4v) is 3.26. The molecule has 6 heteroatoms. The third-order valence-electron chi connectivity index (χ3n) is 4.55. The van der Waals surface area contributed by atoms with E-state index < -0.39 is 0 Å². The summed E-state index contributed by atoms with van der Waals surface area (Å²) >= 11 is 0. The fourth-order valence-electron chi connectivity index (χ4n) is 3.26. The molecular formula is C19H23FN4O. The van der Waals surface area contributed by atoms with Crippen LogP contribution in [0.25, 0.3) is 0 Å². The molecule has 1 aromatic heterocycles. The third kappa shape index (κ3) is 3.95. The number of rotatable bonds is 3. The molecule has 0 bridgehead atoms. The Labute approximate surface area is 147 Å². The van der Waals surface area contributed by atoms with E-state index in [2.05, 4.69) is 22.2 Å². The van der Waals surface area contributed by atoms with E-state index in [-0.39, 0.29) is 17.8 Å². The van der Waals surface area contributed by atoms with Crippen molar-refractivity contribution in [2.24, 2.45) is 0 Å². The first kappa shape index (κ1) is 17.3. The number of carbonyl (C=O) groups excluding carboxylic acids is 1. The number of hydrogen-bond donors (Lipinski definition) is 1. The Morgan fingerprint density at radius 3 is 2.88 bits per heavy atom. The van der Waals surface area contributed by atoms with Gasteiger partial charge in [-0.15, -0.1) is 0 Å². The molecule has 1 amide bonds. The molecule has 132 valence electrons. The molecule has 2 heterocycles. The standard InChI is InChI=1S/C19H23FN4O/c1-4-16-10-19(22-12(2)21-16)23-18-7-8-24(13(3)25)11-14-9-15(20)5-6-17(14)18/h5-6,9-10,18H,4,7-8,11H2,1-3H3,(H,21,22,23)/t18-/m1/s1. The Morgan fingerprint density at radius 2 is 2.16 bits per heavy atom. The predicted octanol–water partition coefficient (Wildman–Crippen LogP) is 3.39. The van der Waals surface area contributed by atoms with Gasteiger partial charge in [-0.25, -0.2) is 14.4 Å². The van der Waals surface area contributed by atoms with Crippen molar-refractivity contribution in [3.8, 4) is 0 Å². The van der Waals surface area contributed by atoms with Gasteiger partial charge in [-0.3, -0.25) is 4.79 Å². The van der Waals surface area contributed by atoms with Crippen LogP contribution in [0.3, 0.4) is 0 Å². The maximum atomic E-state index is 13.7. The minimum Gasteiger partial charge on any atom is -0.363 e. The Morgan fingerprint density at radius 1 is 1.36 bits per heavy atom. The number of aromatic nitrogens is 2. The molecular weight excluding hydrogens is 319 g/mol. The zero-order chi connectivity index (χ0) is 18.0. The summed E-state index contributed by atoms with van der Waals surface area (Å²) in [6, 6.07) is 6.72. The van der Waals surface area contributed by atoms with Crippen molar-refractivity contribution in [3.05, 3.63) is 52.7 Å². The Kier molecular flexibility index (Phi) is 4.97. The SMILES string of the molecule is CCc1cc(N[C@@H]2CCN(C(C)=O)Cc3cc(F)ccc32)nc(C)n1. The second-order valence-electron chi connectivity index (χ2n) is 6.41. The minimum absolute atomic E-state index is 0.00186. The van der Waals surface area contributed by atoms with Crippen LogP contribution < -0.4 is 5.32 Å². The fraction of sp³-hybridized carbons (Fsp3) is 0.421. The largest absolute Gasteiger partial charge is 0.363 e. The van der Waals surface area contributed by atoms with Crippen molar-refractivity contribution in [2.75, 3.05) is 11.9 Å². The summed E-state index contributed by atoms with van der Waals surface area (Å²) in [6.07, 6.45) is 1.57. The van der Waals surface area contributed by atoms with Crippen molar-refractivity contribution in [2.45, 2.75) is 46.2 Å². The highest BCUT2D eigenvalue weighted by molar-refractivity contribution is 5.73. The molecule has 1 N–H and O–H groups in total. The van der Waals surface area contributed by atoms with Crippen LogP contribution in [0.4, 0.5) is 10.2 Å². The Balaban J connectivity index is 1.94. The van der Waals surface area contributed by atoms with Gasteiger partial charge in [-0.1, -0.05) is 13.0 Å².